The highest BCUT2D eigenvalue weighted by Crippen LogP contribution is 2.17. The molecule has 86 valence electrons. The van der Waals surface area contributed by atoms with Gasteiger partial charge in [0.1, 0.15) is 0 Å². The lowest BCUT2D eigenvalue weighted by molar-refractivity contribution is 0.564. The number of nitrogens with one attached hydrogen (secondary N) is 1. The third-order valence-electron chi connectivity index (χ3n) is 2.21. The van der Waals surface area contributed by atoms with Crippen molar-refractivity contribution < 1.29 is 4.39 Å². The summed E-state index contributed by atoms with van der Waals surface area (Å²) in [6.45, 7) is 3.56. The summed E-state index contributed by atoms with van der Waals surface area (Å²) in [4.78, 5) is 5.76. The van der Waals surface area contributed by atoms with E-state index in [-0.39, 0.29) is 30.6 Å². The molecule has 0 radical (unpaired) electrons. The first kappa shape index (κ1) is 14.4. The first-order valence-electron chi connectivity index (χ1n) is 4.43. The van der Waals surface area contributed by atoms with Gasteiger partial charge in [-0.05, 0) is 6.07 Å². The van der Waals surface area contributed by atoms with Crippen LogP contribution in [-0.4, -0.2) is 31.2 Å². The molecule has 15 heavy (non-hydrogen) atoms. The molecular formula is C9H14Cl2FN3. The third-order valence-corrected chi connectivity index (χ3v) is 2.21. The van der Waals surface area contributed by atoms with Crippen molar-refractivity contribution in [1.29, 1.82) is 0 Å². The molecule has 1 fully saturated rings. The van der Waals surface area contributed by atoms with E-state index in [4.69, 9.17) is 0 Å². The average Bonchev–Trinajstić information content (AvgIpc) is 2.20. The molecule has 0 spiro atoms. The third kappa shape index (κ3) is 3.48. The van der Waals surface area contributed by atoms with Gasteiger partial charge in [0.25, 0.3) is 0 Å². The predicted molar refractivity (Wildman–Crippen MR) is 63.8 cm³/mol. The minimum atomic E-state index is -0.232. The molecule has 3 nitrogen and oxygen atoms in total. The molecule has 0 aliphatic carbocycles. The van der Waals surface area contributed by atoms with Crippen molar-refractivity contribution in [1.82, 2.24) is 10.3 Å². The molecule has 1 aliphatic rings. The van der Waals surface area contributed by atoms with Crippen LogP contribution in [0.5, 0.6) is 0 Å². The summed E-state index contributed by atoms with van der Waals surface area (Å²) in [5, 5.41) is 3.22. The molecule has 1 aromatic rings. The van der Waals surface area contributed by atoms with Crippen molar-refractivity contribution in [3.8, 4) is 0 Å². The van der Waals surface area contributed by atoms with Crippen molar-refractivity contribution in [3.05, 3.63) is 24.3 Å². The molecule has 2 rings (SSSR count). The Morgan fingerprint density at radius 3 is 2.53 bits per heavy atom. The van der Waals surface area contributed by atoms with Gasteiger partial charge in [-0.3, -0.25) is 4.98 Å². The first-order chi connectivity index (χ1) is 6.38. The van der Waals surface area contributed by atoms with E-state index in [0.717, 1.165) is 26.2 Å². The Kier molecular flexibility index (Phi) is 6.56. The van der Waals surface area contributed by atoms with E-state index in [0.29, 0.717) is 5.69 Å². The normalized spacial score (nSPS) is 15.1. The largest absolute Gasteiger partial charge is 0.367 e. The quantitative estimate of drug-likeness (QED) is 0.822. The summed E-state index contributed by atoms with van der Waals surface area (Å²) in [6.07, 6.45) is 2.89. The van der Waals surface area contributed by atoms with Gasteiger partial charge in [0, 0.05) is 32.4 Å². The second-order valence-electron chi connectivity index (χ2n) is 3.06. The van der Waals surface area contributed by atoms with E-state index in [1.54, 1.807) is 12.3 Å². The molecule has 6 heteroatoms. The Bertz CT molecular complexity index is 292. The Hall–Kier alpha value is -0.580. The Morgan fingerprint density at radius 2 is 1.93 bits per heavy atom. The van der Waals surface area contributed by atoms with Gasteiger partial charge in [-0.2, -0.15) is 0 Å². The molecule has 0 amide bonds. The number of hydrogen-bond donors (Lipinski definition) is 1. The number of piperazine rings is 1. The zero-order valence-electron chi connectivity index (χ0n) is 8.15. The number of pyridine rings is 1. The zero-order valence-corrected chi connectivity index (χ0v) is 9.78. The van der Waals surface area contributed by atoms with E-state index < -0.39 is 0 Å². The van der Waals surface area contributed by atoms with Gasteiger partial charge in [-0.15, -0.1) is 24.8 Å². The molecule has 0 atom stereocenters. The van der Waals surface area contributed by atoms with E-state index in [1.165, 1.54) is 6.20 Å². The number of nitrogens with zero attached hydrogens (tertiary/aromatic N) is 2. The van der Waals surface area contributed by atoms with E-state index in [2.05, 4.69) is 10.3 Å². The topological polar surface area (TPSA) is 28.2 Å². The molecule has 1 saturated heterocycles. The molecule has 2 heterocycles. The van der Waals surface area contributed by atoms with E-state index >= 15 is 0 Å². The predicted octanol–water partition coefficient (Wildman–Crippen LogP) is 1.47. The first-order valence-corrected chi connectivity index (χ1v) is 4.43. The second kappa shape index (κ2) is 6.82. The number of halogens is 3. The highest BCUT2D eigenvalue weighted by Gasteiger charge is 2.13. The van der Waals surface area contributed by atoms with Crippen molar-refractivity contribution in [3.63, 3.8) is 0 Å². The average molecular weight is 254 g/mol. The molecule has 1 N–H and O–H groups in total. The molecule has 1 aromatic heterocycles. The fraction of sp³-hybridized carbons (Fsp3) is 0.444. The van der Waals surface area contributed by atoms with E-state index in [9.17, 15) is 4.39 Å². The van der Waals surface area contributed by atoms with Crippen LogP contribution in [0.4, 0.5) is 10.1 Å². The van der Waals surface area contributed by atoms with Crippen molar-refractivity contribution in [2.75, 3.05) is 31.1 Å². The highest BCUT2D eigenvalue weighted by molar-refractivity contribution is 5.85. The molecule has 0 aromatic carbocycles. The van der Waals surface area contributed by atoms with Crippen molar-refractivity contribution in [2.24, 2.45) is 0 Å². The number of rotatable bonds is 1. The monoisotopic (exact) mass is 253 g/mol. The number of aromatic nitrogens is 1. The summed E-state index contributed by atoms with van der Waals surface area (Å²) < 4.78 is 13.2. The minimum Gasteiger partial charge on any atom is -0.367 e. The lowest BCUT2D eigenvalue weighted by Gasteiger charge is -2.29. The zero-order chi connectivity index (χ0) is 9.10. The van der Waals surface area contributed by atoms with Gasteiger partial charge in [-0.25, -0.2) is 4.39 Å². The Balaban J connectivity index is 0.000000980. The lowest BCUT2D eigenvalue weighted by atomic mass is 10.3. The molecule has 1 aliphatic heterocycles. The van der Waals surface area contributed by atoms with E-state index in [1.807, 2.05) is 4.90 Å². The van der Waals surface area contributed by atoms with Crippen LogP contribution in [0.2, 0.25) is 0 Å². The fourth-order valence-electron chi connectivity index (χ4n) is 1.53. The van der Waals surface area contributed by atoms with Gasteiger partial charge in [-0.1, -0.05) is 0 Å². The molecular weight excluding hydrogens is 240 g/mol. The van der Waals surface area contributed by atoms with Crippen LogP contribution in [0.3, 0.4) is 0 Å². The summed E-state index contributed by atoms with van der Waals surface area (Å²) in [5.41, 5.74) is 0.663. The van der Waals surface area contributed by atoms with Crippen molar-refractivity contribution in [2.45, 2.75) is 0 Å². The highest BCUT2D eigenvalue weighted by atomic mass is 35.5. The van der Waals surface area contributed by atoms with Gasteiger partial charge in [0.2, 0.25) is 0 Å². The summed E-state index contributed by atoms with van der Waals surface area (Å²) >= 11 is 0. The van der Waals surface area contributed by atoms with Crippen LogP contribution in [-0.2, 0) is 0 Å². The second-order valence-corrected chi connectivity index (χ2v) is 3.06. The van der Waals surface area contributed by atoms with Gasteiger partial charge in [0.15, 0.2) is 5.82 Å². The van der Waals surface area contributed by atoms with Crippen LogP contribution < -0.4 is 10.2 Å². The van der Waals surface area contributed by atoms with Gasteiger partial charge < -0.3 is 10.2 Å². The SMILES string of the molecule is Cl.Cl.Fc1cnccc1N1CCNCC1. The molecule has 0 bridgehead atoms. The Labute approximate surface area is 101 Å². The number of anilines is 1. The summed E-state index contributed by atoms with van der Waals surface area (Å²) in [7, 11) is 0. The lowest BCUT2D eigenvalue weighted by Crippen LogP contribution is -2.43. The minimum absolute atomic E-state index is 0. The van der Waals surface area contributed by atoms with Gasteiger partial charge >= 0.3 is 0 Å². The van der Waals surface area contributed by atoms with Crippen LogP contribution in [0.15, 0.2) is 18.5 Å². The summed E-state index contributed by atoms with van der Waals surface area (Å²) in [6, 6.07) is 1.72. The van der Waals surface area contributed by atoms with Crippen LogP contribution >= 0.6 is 24.8 Å². The maximum Gasteiger partial charge on any atom is 0.164 e. The maximum atomic E-state index is 13.2. The Morgan fingerprint density at radius 1 is 1.27 bits per heavy atom. The molecule has 0 saturated carbocycles. The fourth-order valence-corrected chi connectivity index (χ4v) is 1.53. The maximum absolute atomic E-state index is 13.2. The standard InChI is InChI=1S/C9H12FN3.2ClH/c10-8-7-12-2-1-9(8)13-5-3-11-4-6-13;;/h1-2,7,11H,3-6H2;2*1H. The van der Waals surface area contributed by atoms with Crippen LogP contribution in [0, 0.1) is 5.82 Å². The smallest absolute Gasteiger partial charge is 0.164 e. The molecule has 0 unspecified atom stereocenters. The number of hydrogen-bond acceptors (Lipinski definition) is 3. The van der Waals surface area contributed by atoms with Crippen molar-refractivity contribution >= 4 is 30.5 Å². The van der Waals surface area contributed by atoms with Gasteiger partial charge in [0.05, 0.1) is 11.9 Å². The van der Waals surface area contributed by atoms with Crippen LogP contribution in [0.25, 0.3) is 0 Å². The summed E-state index contributed by atoms with van der Waals surface area (Å²) in [5.74, 6) is -0.232. The van der Waals surface area contributed by atoms with Crippen LogP contribution in [0.1, 0.15) is 0 Å².